The normalized spacial score (nSPS) is 11.6. The first-order valence-electron chi connectivity index (χ1n) is 7.32. The van der Waals surface area contributed by atoms with Gasteiger partial charge in [0.05, 0.1) is 0 Å². The lowest BCUT2D eigenvalue weighted by molar-refractivity contribution is 1.06. The molecule has 2 aromatic carbocycles. The van der Waals surface area contributed by atoms with Crippen LogP contribution in [0.4, 0.5) is 0 Å². The fraction of sp³-hybridized carbons (Fsp3) is 0.200. The zero-order valence-electron chi connectivity index (χ0n) is 13.3. The largest absolute Gasteiger partial charge is 0.358 e. The second-order valence-electron chi connectivity index (χ2n) is 5.48. The molecule has 0 fully saturated rings. The molecule has 108 valence electrons. The minimum absolute atomic E-state index is 1.18. The first kappa shape index (κ1) is 15.1. The molecule has 0 spiro atoms. The van der Waals surface area contributed by atoms with E-state index in [0.29, 0.717) is 0 Å². The monoisotopic (exact) mass is 277 g/mol. The van der Waals surface area contributed by atoms with Crippen LogP contribution in [0.25, 0.3) is 11.3 Å². The molecule has 21 heavy (non-hydrogen) atoms. The summed E-state index contributed by atoms with van der Waals surface area (Å²) >= 11 is 0. The third-order valence-corrected chi connectivity index (χ3v) is 3.64. The maximum atomic E-state index is 3.59. The Hall–Kier alpha value is -2.28. The van der Waals surface area contributed by atoms with E-state index in [1.165, 1.54) is 33.7 Å². The second-order valence-corrected chi connectivity index (χ2v) is 5.48. The van der Waals surface area contributed by atoms with Crippen LogP contribution in [0.3, 0.4) is 0 Å². The molecule has 0 aliphatic heterocycles. The van der Waals surface area contributed by atoms with Crippen LogP contribution >= 0.6 is 0 Å². The summed E-state index contributed by atoms with van der Waals surface area (Å²) in [4.78, 5) is 0. The molecule has 0 saturated carbocycles. The highest BCUT2D eigenvalue weighted by molar-refractivity contribution is 5.73. The Morgan fingerprint density at radius 2 is 1.14 bits per heavy atom. The lowest BCUT2D eigenvalue weighted by Gasteiger charge is -2.16. The maximum Gasteiger partial charge on any atom is 0.0441 e. The van der Waals surface area contributed by atoms with Gasteiger partial charge in [-0.15, -0.1) is 0 Å². The molecule has 0 aliphatic rings. The van der Waals surface area contributed by atoms with Gasteiger partial charge in [0, 0.05) is 11.4 Å². The van der Waals surface area contributed by atoms with Crippen LogP contribution in [0.1, 0.15) is 38.8 Å². The van der Waals surface area contributed by atoms with Gasteiger partial charge in [-0.05, 0) is 44.4 Å². The molecule has 2 rings (SSSR count). The topological polar surface area (TPSA) is 12.0 Å². The van der Waals surface area contributed by atoms with Gasteiger partial charge in [-0.2, -0.15) is 0 Å². The molecule has 0 saturated heterocycles. The van der Waals surface area contributed by atoms with E-state index < -0.39 is 0 Å². The molecule has 0 atom stereocenters. The molecular weight excluding hydrogens is 254 g/mol. The molecule has 2 aromatic rings. The van der Waals surface area contributed by atoms with Crippen molar-refractivity contribution in [1.29, 1.82) is 0 Å². The Bertz CT molecular complexity index is 645. The van der Waals surface area contributed by atoms with Gasteiger partial charge < -0.3 is 5.32 Å². The van der Waals surface area contributed by atoms with Crippen molar-refractivity contribution in [1.82, 2.24) is 5.32 Å². The summed E-state index contributed by atoms with van der Waals surface area (Å²) in [5.74, 6) is 0. The van der Waals surface area contributed by atoms with Crippen molar-refractivity contribution >= 4 is 11.3 Å². The molecule has 0 unspecified atom stereocenters. The Kier molecular flexibility index (Phi) is 4.99. The Morgan fingerprint density at radius 1 is 0.667 bits per heavy atom. The van der Waals surface area contributed by atoms with Gasteiger partial charge in [0.1, 0.15) is 0 Å². The Labute approximate surface area is 128 Å². The summed E-state index contributed by atoms with van der Waals surface area (Å²) in [6.07, 6.45) is 0. The average Bonchev–Trinajstić information content (AvgIpc) is 2.53. The molecular formula is C20H23N. The fourth-order valence-corrected chi connectivity index (χ4v) is 2.28. The predicted octanol–water partition coefficient (Wildman–Crippen LogP) is 5.48. The highest BCUT2D eigenvalue weighted by atomic mass is 14.9. The number of benzene rings is 2. The van der Waals surface area contributed by atoms with E-state index in [9.17, 15) is 0 Å². The van der Waals surface area contributed by atoms with E-state index in [-0.39, 0.29) is 0 Å². The SMILES string of the molecule is CC(C)=C(N/C(C)=C(\C)c1ccccc1)c1ccccc1. The maximum absolute atomic E-state index is 3.59. The first-order chi connectivity index (χ1) is 10.1. The summed E-state index contributed by atoms with van der Waals surface area (Å²) in [5.41, 5.74) is 7.39. The Morgan fingerprint density at radius 3 is 1.62 bits per heavy atom. The number of hydrogen-bond donors (Lipinski definition) is 1. The fourth-order valence-electron chi connectivity index (χ4n) is 2.28. The van der Waals surface area contributed by atoms with Gasteiger partial charge in [-0.1, -0.05) is 66.2 Å². The second kappa shape index (κ2) is 6.94. The Balaban J connectivity index is 2.33. The lowest BCUT2D eigenvalue weighted by atomic mass is 10.0. The molecule has 0 aliphatic carbocycles. The van der Waals surface area contributed by atoms with E-state index in [0.717, 1.165) is 0 Å². The molecule has 0 bridgehead atoms. The highest BCUT2D eigenvalue weighted by Crippen LogP contribution is 2.21. The van der Waals surface area contributed by atoms with Crippen molar-refractivity contribution in [2.75, 3.05) is 0 Å². The van der Waals surface area contributed by atoms with E-state index in [1.807, 2.05) is 12.1 Å². The molecule has 0 amide bonds. The van der Waals surface area contributed by atoms with Crippen LogP contribution in [-0.4, -0.2) is 0 Å². The van der Waals surface area contributed by atoms with E-state index in [1.54, 1.807) is 0 Å². The van der Waals surface area contributed by atoms with E-state index in [4.69, 9.17) is 0 Å². The summed E-state index contributed by atoms with van der Waals surface area (Å²) in [5, 5.41) is 3.59. The van der Waals surface area contributed by atoms with Crippen molar-refractivity contribution in [2.45, 2.75) is 27.7 Å². The van der Waals surface area contributed by atoms with Gasteiger partial charge in [0.2, 0.25) is 0 Å². The smallest absolute Gasteiger partial charge is 0.0441 e. The zero-order valence-corrected chi connectivity index (χ0v) is 13.3. The van der Waals surface area contributed by atoms with Gasteiger partial charge in [-0.25, -0.2) is 0 Å². The van der Waals surface area contributed by atoms with E-state index >= 15 is 0 Å². The van der Waals surface area contributed by atoms with Gasteiger partial charge in [-0.3, -0.25) is 0 Å². The van der Waals surface area contributed by atoms with Gasteiger partial charge >= 0.3 is 0 Å². The third-order valence-electron chi connectivity index (χ3n) is 3.64. The molecule has 0 radical (unpaired) electrons. The van der Waals surface area contributed by atoms with Crippen LogP contribution < -0.4 is 5.32 Å². The van der Waals surface area contributed by atoms with Crippen molar-refractivity contribution in [3.63, 3.8) is 0 Å². The van der Waals surface area contributed by atoms with Crippen molar-refractivity contribution in [3.8, 4) is 0 Å². The standard InChI is InChI=1S/C20H23N/c1-15(2)20(19-13-9-6-10-14-19)21-17(4)16(3)18-11-7-5-8-12-18/h5-14,21H,1-4H3/b17-16+. The minimum atomic E-state index is 1.18. The summed E-state index contributed by atoms with van der Waals surface area (Å²) in [7, 11) is 0. The van der Waals surface area contributed by atoms with Crippen LogP contribution in [0.2, 0.25) is 0 Å². The van der Waals surface area contributed by atoms with Gasteiger partial charge in [0.15, 0.2) is 0 Å². The molecule has 1 nitrogen and oxygen atoms in total. The molecule has 0 aromatic heterocycles. The summed E-state index contributed by atoms with van der Waals surface area (Å²) in [6, 6.07) is 21.0. The number of rotatable bonds is 4. The van der Waals surface area contributed by atoms with Crippen molar-refractivity contribution in [3.05, 3.63) is 83.1 Å². The highest BCUT2D eigenvalue weighted by Gasteiger charge is 2.06. The van der Waals surface area contributed by atoms with Crippen molar-refractivity contribution in [2.24, 2.45) is 0 Å². The number of hydrogen-bond acceptors (Lipinski definition) is 1. The molecule has 1 heteroatoms. The number of allylic oxidation sites excluding steroid dienone is 3. The predicted molar refractivity (Wildman–Crippen MR) is 92.6 cm³/mol. The zero-order chi connectivity index (χ0) is 15.2. The summed E-state index contributed by atoms with van der Waals surface area (Å²) in [6.45, 7) is 8.57. The third kappa shape index (κ3) is 3.85. The lowest BCUT2D eigenvalue weighted by Crippen LogP contribution is -2.12. The van der Waals surface area contributed by atoms with E-state index in [2.05, 4.69) is 81.5 Å². The molecule has 0 heterocycles. The quantitative estimate of drug-likeness (QED) is 0.780. The number of nitrogens with one attached hydrogen (secondary N) is 1. The van der Waals surface area contributed by atoms with Crippen LogP contribution in [0.15, 0.2) is 71.9 Å². The molecule has 1 N–H and O–H groups in total. The van der Waals surface area contributed by atoms with Gasteiger partial charge in [0.25, 0.3) is 0 Å². The van der Waals surface area contributed by atoms with Crippen LogP contribution in [-0.2, 0) is 0 Å². The van der Waals surface area contributed by atoms with Crippen molar-refractivity contribution < 1.29 is 0 Å². The average molecular weight is 277 g/mol. The van der Waals surface area contributed by atoms with Crippen LogP contribution in [0, 0.1) is 0 Å². The summed E-state index contributed by atoms with van der Waals surface area (Å²) < 4.78 is 0. The minimum Gasteiger partial charge on any atom is -0.358 e. The first-order valence-corrected chi connectivity index (χ1v) is 7.32. The van der Waals surface area contributed by atoms with Crippen LogP contribution in [0.5, 0.6) is 0 Å².